The van der Waals surface area contributed by atoms with Gasteiger partial charge in [-0.3, -0.25) is 9.59 Å². The van der Waals surface area contributed by atoms with Crippen LogP contribution >= 0.6 is 11.6 Å². The molecule has 1 aliphatic rings. The Morgan fingerprint density at radius 2 is 1.58 bits per heavy atom. The van der Waals surface area contributed by atoms with Crippen molar-refractivity contribution in [2.75, 3.05) is 5.32 Å². The average molecular weight is 455 g/mol. The van der Waals surface area contributed by atoms with Gasteiger partial charge in [0.15, 0.2) is 5.78 Å². The van der Waals surface area contributed by atoms with Gasteiger partial charge in [0.25, 0.3) is 0 Å². The van der Waals surface area contributed by atoms with Crippen LogP contribution in [-0.2, 0) is 14.8 Å². The van der Waals surface area contributed by atoms with Gasteiger partial charge in [-0.05, 0) is 53.9 Å². The molecule has 0 radical (unpaired) electrons. The quantitative estimate of drug-likeness (QED) is 0.455. The Balaban J connectivity index is 1.52. The maximum atomic E-state index is 12.8. The molecule has 0 saturated carbocycles. The first-order chi connectivity index (χ1) is 14.8. The third kappa shape index (κ3) is 4.12. The van der Waals surface area contributed by atoms with E-state index in [0.717, 1.165) is 11.1 Å². The second-order valence-electron chi connectivity index (χ2n) is 7.16. The molecular formula is C23H19ClN2O4S. The predicted octanol–water partition coefficient (Wildman–Crippen LogP) is 4.25. The molecule has 158 valence electrons. The van der Waals surface area contributed by atoms with Gasteiger partial charge < -0.3 is 5.32 Å². The highest BCUT2D eigenvalue weighted by atomic mass is 35.5. The van der Waals surface area contributed by atoms with Crippen LogP contribution in [0.3, 0.4) is 0 Å². The molecule has 0 heterocycles. The Hall–Kier alpha value is -3.00. The van der Waals surface area contributed by atoms with Crippen molar-refractivity contribution in [3.05, 3.63) is 82.9 Å². The molecular weight excluding hydrogens is 436 g/mol. The second-order valence-corrected chi connectivity index (χ2v) is 9.31. The number of halogens is 1. The van der Waals surface area contributed by atoms with Gasteiger partial charge in [0, 0.05) is 21.8 Å². The van der Waals surface area contributed by atoms with Crippen molar-refractivity contribution in [1.82, 2.24) is 4.72 Å². The van der Waals surface area contributed by atoms with Gasteiger partial charge in [0.05, 0.1) is 4.90 Å². The summed E-state index contributed by atoms with van der Waals surface area (Å²) in [5.74, 6) is -0.611. The predicted molar refractivity (Wildman–Crippen MR) is 120 cm³/mol. The molecule has 3 aromatic rings. The minimum Gasteiger partial charge on any atom is -0.325 e. The minimum absolute atomic E-state index is 0.0176. The Morgan fingerprint density at radius 1 is 0.935 bits per heavy atom. The lowest BCUT2D eigenvalue weighted by atomic mass is 10.1. The summed E-state index contributed by atoms with van der Waals surface area (Å²) >= 11 is 5.81. The van der Waals surface area contributed by atoms with Crippen LogP contribution in [-0.4, -0.2) is 26.2 Å². The number of carbonyl (C=O) groups is 2. The average Bonchev–Trinajstić information content (AvgIpc) is 3.04. The molecule has 0 fully saturated rings. The zero-order chi connectivity index (χ0) is 22.2. The molecule has 8 heteroatoms. The number of anilines is 1. The summed E-state index contributed by atoms with van der Waals surface area (Å²) < 4.78 is 27.7. The fourth-order valence-electron chi connectivity index (χ4n) is 3.53. The molecule has 3 aromatic carbocycles. The molecule has 1 atom stereocenters. The van der Waals surface area contributed by atoms with Gasteiger partial charge in [0.2, 0.25) is 15.9 Å². The molecule has 4 rings (SSSR count). The molecule has 6 nitrogen and oxygen atoms in total. The lowest BCUT2D eigenvalue weighted by Crippen LogP contribution is -2.43. The van der Waals surface area contributed by atoms with E-state index >= 15 is 0 Å². The highest BCUT2D eigenvalue weighted by Gasteiger charge is 2.28. The summed E-state index contributed by atoms with van der Waals surface area (Å²) in [5, 5.41) is 3.13. The van der Waals surface area contributed by atoms with Crippen molar-refractivity contribution < 1.29 is 18.0 Å². The molecule has 0 bridgehead atoms. The summed E-state index contributed by atoms with van der Waals surface area (Å²) in [4.78, 5) is 25.5. The standard InChI is InChI=1S/C23H19ClN2O4S/c1-2-21(26-31(29,30)16-10-7-14(24)8-11-16)23(28)25-15-9-12-18-17-5-3-4-6-19(17)22(27)20(18)13-15/h3-13,21,26H,2H2,1H3,(H,25,28). The van der Waals surface area contributed by atoms with Gasteiger partial charge in [0.1, 0.15) is 6.04 Å². The number of hydrogen-bond acceptors (Lipinski definition) is 4. The number of amides is 1. The van der Waals surface area contributed by atoms with E-state index in [-0.39, 0.29) is 17.1 Å². The third-order valence-electron chi connectivity index (χ3n) is 5.14. The first-order valence-electron chi connectivity index (χ1n) is 9.67. The number of sulfonamides is 1. The maximum Gasteiger partial charge on any atom is 0.242 e. The van der Waals surface area contributed by atoms with E-state index in [0.29, 0.717) is 21.8 Å². The number of fused-ring (bicyclic) bond motifs is 3. The number of carbonyl (C=O) groups excluding carboxylic acids is 2. The van der Waals surface area contributed by atoms with Gasteiger partial charge in [-0.15, -0.1) is 0 Å². The largest absolute Gasteiger partial charge is 0.325 e. The molecule has 0 spiro atoms. The highest BCUT2D eigenvalue weighted by molar-refractivity contribution is 7.89. The van der Waals surface area contributed by atoms with Gasteiger partial charge in [-0.2, -0.15) is 4.72 Å². The van der Waals surface area contributed by atoms with Crippen molar-refractivity contribution >= 4 is 39.0 Å². The molecule has 1 amide bonds. The summed E-state index contributed by atoms with van der Waals surface area (Å²) in [6.45, 7) is 1.71. The van der Waals surface area contributed by atoms with E-state index in [1.165, 1.54) is 24.3 Å². The normalized spacial score (nSPS) is 13.4. The lowest BCUT2D eigenvalue weighted by Gasteiger charge is -2.17. The summed E-state index contributed by atoms with van der Waals surface area (Å²) in [5.41, 5.74) is 3.24. The molecule has 1 unspecified atom stereocenters. The fourth-order valence-corrected chi connectivity index (χ4v) is 4.93. The van der Waals surface area contributed by atoms with E-state index in [2.05, 4.69) is 10.0 Å². The number of hydrogen-bond donors (Lipinski definition) is 2. The van der Waals surface area contributed by atoms with Crippen LogP contribution in [0.2, 0.25) is 5.02 Å². The molecule has 0 saturated heterocycles. The fraction of sp³-hybridized carbons (Fsp3) is 0.130. The first kappa shape index (κ1) is 21.2. The van der Waals surface area contributed by atoms with E-state index in [1.807, 2.05) is 18.2 Å². The van der Waals surface area contributed by atoms with Crippen molar-refractivity contribution in [3.63, 3.8) is 0 Å². The number of benzene rings is 3. The van der Waals surface area contributed by atoms with Gasteiger partial charge in [-0.25, -0.2) is 8.42 Å². The SMILES string of the molecule is CCC(NS(=O)(=O)c1ccc(Cl)cc1)C(=O)Nc1ccc2c(c1)C(=O)c1ccccc1-2. The molecule has 2 N–H and O–H groups in total. The number of ketones is 1. The summed E-state index contributed by atoms with van der Waals surface area (Å²) in [7, 11) is -3.90. The van der Waals surface area contributed by atoms with Crippen LogP contribution in [0.1, 0.15) is 29.3 Å². The highest BCUT2D eigenvalue weighted by Crippen LogP contribution is 2.37. The molecule has 0 aliphatic heterocycles. The van der Waals surface area contributed by atoms with Crippen LogP contribution in [0.4, 0.5) is 5.69 Å². The Bertz CT molecular complexity index is 1290. The Morgan fingerprint density at radius 3 is 2.26 bits per heavy atom. The van der Waals surface area contributed by atoms with Crippen molar-refractivity contribution in [2.24, 2.45) is 0 Å². The van der Waals surface area contributed by atoms with Gasteiger partial charge >= 0.3 is 0 Å². The second kappa shape index (κ2) is 8.26. The number of nitrogens with one attached hydrogen (secondary N) is 2. The topological polar surface area (TPSA) is 92.3 Å². The first-order valence-corrected chi connectivity index (χ1v) is 11.5. The Kier molecular flexibility index (Phi) is 5.66. The minimum atomic E-state index is -3.90. The van der Waals surface area contributed by atoms with Crippen LogP contribution < -0.4 is 10.0 Å². The van der Waals surface area contributed by atoms with Crippen LogP contribution in [0, 0.1) is 0 Å². The van der Waals surface area contributed by atoms with Gasteiger partial charge in [-0.1, -0.05) is 48.9 Å². The number of rotatable bonds is 6. The van der Waals surface area contributed by atoms with Crippen molar-refractivity contribution in [3.8, 4) is 11.1 Å². The van der Waals surface area contributed by atoms with Crippen LogP contribution in [0.5, 0.6) is 0 Å². The zero-order valence-electron chi connectivity index (χ0n) is 16.6. The zero-order valence-corrected chi connectivity index (χ0v) is 18.1. The van der Waals surface area contributed by atoms with E-state index < -0.39 is 22.0 Å². The summed E-state index contributed by atoms with van der Waals surface area (Å²) in [6.07, 6.45) is 0.244. The van der Waals surface area contributed by atoms with Crippen molar-refractivity contribution in [2.45, 2.75) is 24.3 Å². The maximum absolute atomic E-state index is 12.8. The monoisotopic (exact) mass is 454 g/mol. The van der Waals surface area contributed by atoms with Crippen LogP contribution in [0.25, 0.3) is 11.1 Å². The van der Waals surface area contributed by atoms with E-state index in [9.17, 15) is 18.0 Å². The molecule has 0 aromatic heterocycles. The molecule has 1 aliphatic carbocycles. The van der Waals surface area contributed by atoms with Crippen molar-refractivity contribution in [1.29, 1.82) is 0 Å². The lowest BCUT2D eigenvalue weighted by molar-refractivity contribution is -0.117. The summed E-state index contributed by atoms with van der Waals surface area (Å²) in [6, 6.07) is 17.1. The smallest absolute Gasteiger partial charge is 0.242 e. The van der Waals surface area contributed by atoms with E-state index in [4.69, 9.17) is 11.6 Å². The third-order valence-corrected chi connectivity index (χ3v) is 6.88. The Labute approximate surface area is 185 Å². The molecule has 31 heavy (non-hydrogen) atoms. The van der Waals surface area contributed by atoms with Crippen LogP contribution in [0.15, 0.2) is 71.6 Å². The van der Waals surface area contributed by atoms with E-state index in [1.54, 1.807) is 31.2 Å².